The van der Waals surface area contributed by atoms with Crippen LogP contribution in [0.5, 0.6) is 0 Å². The highest BCUT2D eigenvalue weighted by molar-refractivity contribution is 5.92. The minimum Gasteiger partial charge on any atom is -0.511 e. The molecule has 102 valence electrons. The van der Waals surface area contributed by atoms with Gasteiger partial charge in [-0.2, -0.15) is 0 Å². The van der Waals surface area contributed by atoms with Crippen LogP contribution in [0, 0.1) is 0 Å². The molecule has 0 atom stereocenters. The van der Waals surface area contributed by atoms with E-state index < -0.39 is 5.97 Å². The van der Waals surface area contributed by atoms with Crippen LogP contribution in [-0.4, -0.2) is 17.7 Å². The van der Waals surface area contributed by atoms with Gasteiger partial charge in [0.15, 0.2) is 0 Å². The van der Waals surface area contributed by atoms with Crippen molar-refractivity contribution in [3.8, 4) is 0 Å². The van der Waals surface area contributed by atoms with E-state index in [0.717, 1.165) is 19.3 Å². The van der Waals surface area contributed by atoms with Crippen molar-refractivity contribution in [3.63, 3.8) is 0 Å². The Balaban J connectivity index is 2.12. The monoisotopic (exact) mass is 252 g/mol. The van der Waals surface area contributed by atoms with Gasteiger partial charge in [-0.25, -0.2) is 4.79 Å². The Morgan fingerprint density at radius 3 is 2.72 bits per heavy atom. The number of rotatable bonds is 8. The number of unbranched alkanes of at least 4 members (excludes halogenated alkanes) is 5. The van der Waals surface area contributed by atoms with Crippen molar-refractivity contribution < 1.29 is 14.6 Å². The first-order valence-corrected chi connectivity index (χ1v) is 7.01. The number of hydrogen-bond donors (Lipinski definition) is 1. The van der Waals surface area contributed by atoms with E-state index in [1.807, 2.05) is 6.08 Å². The predicted molar refractivity (Wildman–Crippen MR) is 72.4 cm³/mol. The first kappa shape index (κ1) is 14.8. The molecule has 1 aliphatic rings. The minimum atomic E-state index is -0.392. The fourth-order valence-electron chi connectivity index (χ4n) is 1.96. The average Bonchev–Trinajstić information content (AvgIpc) is 2.38. The largest absolute Gasteiger partial charge is 0.511 e. The predicted octanol–water partition coefficient (Wildman–Crippen LogP) is 4.05. The summed E-state index contributed by atoms with van der Waals surface area (Å²) in [4.78, 5) is 11.7. The standard InChI is InChI=1S/C15H24O3/c1-2-3-4-5-6-9-12-18-15(17)13-10-7-8-11-14(13)16/h7,10,16H,2-6,8-9,11-12H2,1H3. The summed E-state index contributed by atoms with van der Waals surface area (Å²) < 4.78 is 5.15. The van der Waals surface area contributed by atoms with E-state index in [2.05, 4.69) is 6.92 Å². The third-order valence-electron chi connectivity index (χ3n) is 3.09. The molecule has 0 aliphatic heterocycles. The highest BCUT2D eigenvalue weighted by atomic mass is 16.5. The molecule has 0 heterocycles. The summed E-state index contributed by atoms with van der Waals surface area (Å²) in [6.45, 7) is 2.65. The SMILES string of the molecule is CCCCCCCCOC(=O)C1=C(O)CCC=C1. The van der Waals surface area contributed by atoms with Gasteiger partial charge in [0.25, 0.3) is 0 Å². The number of carbonyl (C=O) groups is 1. The lowest BCUT2D eigenvalue weighted by Crippen LogP contribution is -2.11. The van der Waals surface area contributed by atoms with Gasteiger partial charge in [-0.3, -0.25) is 0 Å². The van der Waals surface area contributed by atoms with Crippen LogP contribution in [0.4, 0.5) is 0 Å². The van der Waals surface area contributed by atoms with Gasteiger partial charge in [-0.15, -0.1) is 0 Å². The molecule has 0 saturated heterocycles. The van der Waals surface area contributed by atoms with Crippen molar-refractivity contribution in [2.45, 2.75) is 58.3 Å². The van der Waals surface area contributed by atoms with Crippen LogP contribution in [0.3, 0.4) is 0 Å². The number of aliphatic hydroxyl groups is 1. The number of esters is 1. The summed E-state index contributed by atoms with van der Waals surface area (Å²) in [6.07, 6.45) is 11.9. The second kappa shape index (κ2) is 8.78. The summed E-state index contributed by atoms with van der Waals surface area (Å²) in [5.41, 5.74) is 0.326. The molecule has 1 N–H and O–H groups in total. The quantitative estimate of drug-likeness (QED) is 0.523. The molecule has 0 spiro atoms. The summed E-state index contributed by atoms with van der Waals surface area (Å²) >= 11 is 0. The summed E-state index contributed by atoms with van der Waals surface area (Å²) in [6, 6.07) is 0. The molecule has 0 aromatic carbocycles. The number of ether oxygens (including phenoxy) is 1. The summed E-state index contributed by atoms with van der Waals surface area (Å²) in [5, 5.41) is 9.57. The number of allylic oxidation sites excluding steroid dienone is 2. The lowest BCUT2D eigenvalue weighted by Gasteiger charge is -2.10. The van der Waals surface area contributed by atoms with Gasteiger partial charge in [0.2, 0.25) is 0 Å². The minimum absolute atomic E-state index is 0.158. The molecule has 18 heavy (non-hydrogen) atoms. The fraction of sp³-hybridized carbons (Fsp3) is 0.667. The molecule has 0 amide bonds. The summed E-state index contributed by atoms with van der Waals surface area (Å²) in [7, 11) is 0. The van der Waals surface area contributed by atoms with Crippen LogP contribution in [0.2, 0.25) is 0 Å². The molecule has 3 nitrogen and oxygen atoms in total. The Bertz CT molecular complexity index is 316. The molecule has 0 bridgehead atoms. The zero-order valence-electron chi connectivity index (χ0n) is 11.3. The van der Waals surface area contributed by atoms with E-state index in [9.17, 15) is 9.90 Å². The summed E-state index contributed by atoms with van der Waals surface area (Å²) in [5.74, 6) is -0.234. The van der Waals surface area contributed by atoms with Gasteiger partial charge in [-0.1, -0.05) is 45.1 Å². The highest BCUT2D eigenvalue weighted by Gasteiger charge is 2.15. The van der Waals surface area contributed by atoms with Gasteiger partial charge >= 0.3 is 5.97 Å². The zero-order valence-corrected chi connectivity index (χ0v) is 11.3. The molecule has 0 radical (unpaired) electrons. The van der Waals surface area contributed by atoms with Crippen LogP contribution in [-0.2, 0) is 9.53 Å². The van der Waals surface area contributed by atoms with Crippen molar-refractivity contribution in [1.82, 2.24) is 0 Å². The van der Waals surface area contributed by atoms with Gasteiger partial charge in [-0.05, 0) is 18.9 Å². The van der Waals surface area contributed by atoms with E-state index in [1.165, 1.54) is 25.7 Å². The highest BCUT2D eigenvalue weighted by Crippen LogP contribution is 2.17. The molecule has 0 aromatic rings. The Hall–Kier alpha value is -1.25. The van der Waals surface area contributed by atoms with Crippen molar-refractivity contribution in [3.05, 3.63) is 23.5 Å². The van der Waals surface area contributed by atoms with E-state index >= 15 is 0 Å². The van der Waals surface area contributed by atoms with Crippen molar-refractivity contribution in [2.24, 2.45) is 0 Å². The first-order valence-electron chi connectivity index (χ1n) is 7.01. The van der Waals surface area contributed by atoms with Crippen LogP contribution < -0.4 is 0 Å². The molecule has 0 saturated carbocycles. The second-order valence-electron chi connectivity index (χ2n) is 4.71. The Labute approximate surface area is 110 Å². The number of hydrogen-bond acceptors (Lipinski definition) is 3. The van der Waals surface area contributed by atoms with Crippen molar-refractivity contribution >= 4 is 5.97 Å². The maximum absolute atomic E-state index is 11.7. The second-order valence-corrected chi connectivity index (χ2v) is 4.71. The maximum atomic E-state index is 11.7. The molecule has 1 rings (SSSR count). The maximum Gasteiger partial charge on any atom is 0.341 e. The molecule has 0 aromatic heterocycles. The molecule has 0 unspecified atom stereocenters. The molecular weight excluding hydrogens is 228 g/mol. The van der Waals surface area contributed by atoms with E-state index in [0.29, 0.717) is 18.6 Å². The van der Waals surface area contributed by atoms with Gasteiger partial charge in [0, 0.05) is 6.42 Å². The van der Waals surface area contributed by atoms with Crippen molar-refractivity contribution in [2.75, 3.05) is 6.61 Å². The van der Waals surface area contributed by atoms with Crippen LogP contribution >= 0.6 is 0 Å². The topological polar surface area (TPSA) is 46.5 Å². The zero-order chi connectivity index (χ0) is 13.2. The third kappa shape index (κ3) is 5.39. The van der Waals surface area contributed by atoms with Crippen molar-refractivity contribution in [1.29, 1.82) is 0 Å². The molecular formula is C15H24O3. The van der Waals surface area contributed by atoms with E-state index in [1.54, 1.807) is 6.08 Å². The molecule has 1 aliphatic carbocycles. The lowest BCUT2D eigenvalue weighted by atomic mass is 10.1. The van der Waals surface area contributed by atoms with Crippen LogP contribution in [0.1, 0.15) is 58.3 Å². The molecule has 0 fully saturated rings. The average molecular weight is 252 g/mol. The van der Waals surface area contributed by atoms with Gasteiger partial charge in [0.1, 0.15) is 5.76 Å². The normalized spacial score (nSPS) is 14.9. The van der Waals surface area contributed by atoms with Crippen LogP contribution in [0.15, 0.2) is 23.5 Å². The Morgan fingerprint density at radius 1 is 1.28 bits per heavy atom. The number of aliphatic hydroxyl groups excluding tert-OH is 1. The lowest BCUT2D eigenvalue weighted by molar-refractivity contribution is -0.139. The van der Waals surface area contributed by atoms with Crippen LogP contribution in [0.25, 0.3) is 0 Å². The fourth-order valence-corrected chi connectivity index (χ4v) is 1.96. The van der Waals surface area contributed by atoms with E-state index in [-0.39, 0.29) is 5.76 Å². The first-order chi connectivity index (χ1) is 8.75. The number of carbonyl (C=O) groups excluding carboxylic acids is 1. The van der Waals surface area contributed by atoms with Gasteiger partial charge in [0.05, 0.1) is 12.2 Å². The van der Waals surface area contributed by atoms with E-state index in [4.69, 9.17) is 4.74 Å². The molecule has 3 heteroatoms. The smallest absolute Gasteiger partial charge is 0.341 e. The Kier molecular flexibility index (Phi) is 7.23. The third-order valence-corrected chi connectivity index (χ3v) is 3.09. The van der Waals surface area contributed by atoms with Gasteiger partial charge < -0.3 is 9.84 Å². The Morgan fingerprint density at radius 2 is 2.00 bits per heavy atom.